The Labute approximate surface area is 174 Å². The van der Waals surface area contributed by atoms with Gasteiger partial charge in [0.25, 0.3) is 5.91 Å². The molecule has 0 saturated carbocycles. The summed E-state index contributed by atoms with van der Waals surface area (Å²) in [7, 11) is 1.73. The molecule has 2 fully saturated rings. The fourth-order valence-corrected chi connectivity index (χ4v) is 4.40. The van der Waals surface area contributed by atoms with Crippen molar-refractivity contribution in [1.29, 1.82) is 0 Å². The topological polar surface area (TPSA) is 56.2 Å². The Balaban J connectivity index is 1.73. The van der Waals surface area contributed by atoms with Crippen molar-refractivity contribution >= 4 is 5.91 Å². The lowest BCUT2D eigenvalue weighted by atomic mass is 10.1. The van der Waals surface area contributed by atoms with Crippen molar-refractivity contribution in [3.05, 3.63) is 23.0 Å². The largest absolute Gasteiger partial charge is 0.385 e. The molecule has 0 unspecified atom stereocenters. The number of hydrogen-bond acceptors (Lipinski definition) is 5. The second-order valence-electron chi connectivity index (χ2n) is 8.08. The van der Waals surface area contributed by atoms with Gasteiger partial charge in [0.1, 0.15) is 0 Å². The Morgan fingerprint density at radius 3 is 2.52 bits per heavy atom. The normalized spacial score (nSPS) is 18.9. The van der Waals surface area contributed by atoms with Gasteiger partial charge in [-0.1, -0.05) is 0 Å². The maximum absolute atomic E-state index is 13.6. The molecule has 0 aromatic carbocycles. The van der Waals surface area contributed by atoms with Gasteiger partial charge in [-0.25, -0.2) is 0 Å². The van der Waals surface area contributed by atoms with E-state index in [0.717, 1.165) is 102 Å². The Morgan fingerprint density at radius 2 is 1.83 bits per heavy atom. The molecule has 3 rings (SSSR count). The van der Waals surface area contributed by atoms with Crippen molar-refractivity contribution in [2.45, 2.75) is 45.7 Å². The summed E-state index contributed by atoms with van der Waals surface area (Å²) in [6.45, 7) is 12.4. The van der Waals surface area contributed by atoms with Crippen molar-refractivity contribution < 1.29 is 19.0 Å². The quantitative estimate of drug-likeness (QED) is 0.587. The summed E-state index contributed by atoms with van der Waals surface area (Å²) in [5.74, 6) is 0.163. The van der Waals surface area contributed by atoms with Crippen LogP contribution in [0, 0.1) is 13.8 Å². The summed E-state index contributed by atoms with van der Waals surface area (Å²) >= 11 is 0. The zero-order chi connectivity index (χ0) is 20.6. The van der Waals surface area contributed by atoms with E-state index >= 15 is 0 Å². The number of rotatable bonds is 9. The van der Waals surface area contributed by atoms with Gasteiger partial charge in [0, 0.05) is 77.1 Å². The zero-order valence-electron chi connectivity index (χ0n) is 18.3. The number of carbonyl (C=O) groups excluding carboxylic acids is 1. The predicted octanol–water partition coefficient (Wildman–Crippen LogP) is 2.09. The summed E-state index contributed by atoms with van der Waals surface area (Å²) < 4.78 is 18.4. The zero-order valence-corrected chi connectivity index (χ0v) is 18.3. The number of methoxy groups -OCH3 is 1. The molecule has 0 N–H and O–H groups in total. The fraction of sp³-hybridized carbons (Fsp3) is 0.773. The third-order valence-corrected chi connectivity index (χ3v) is 6.19. The highest BCUT2D eigenvalue weighted by Gasteiger charge is 2.29. The van der Waals surface area contributed by atoms with Crippen LogP contribution in [0.5, 0.6) is 0 Å². The molecule has 0 bridgehead atoms. The summed E-state index contributed by atoms with van der Waals surface area (Å²) in [6, 6.07) is 2.32. The molecule has 0 radical (unpaired) electrons. The van der Waals surface area contributed by atoms with Gasteiger partial charge < -0.3 is 23.7 Å². The molecule has 29 heavy (non-hydrogen) atoms. The molecule has 0 spiro atoms. The Morgan fingerprint density at radius 1 is 1.14 bits per heavy atom. The van der Waals surface area contributed by atoms with E-state index in [1.165, 1.54) is 0 Å². The lowest BCUT2D eigenvalue weighted by molar-refractivity contribution is 0.0141. The molecule has 2 saturated heterocycles. The molecular weight excluding hydrogens is 370 g/mol. The van der Waals surface area contributed by atoms with E-state index in [1.54, 1.807) is 7.11 Å². The van der Waals surface area contributed by atoms with Gasteiger partial charge in [-0.15, -0.1) is 0 Å². The van der Waals surface area contributed by atoms with Gasteiger partial charge in [0.05, 0.1) is 18.8 Å². The van der Waals surface area contributed by atoms with Crippen molar-refractivity contribution in [2.24, 2.45) is 0 Å². The summed E-state index contributed by atoms with van der Waals surface area (Å²) in [5, 5.41) is 0. The van der Waals surface area contributed by atoms with Gasteiger partial charge in [-0.2, -0.15) is 0 Å². The molecule has 7 heteroatoms. The molecule has 2 aliphatic rings. The SMILES string of the molecule is COCCCn1c(C)cc(C(=O)N(CCN2CCOCC2)C2CCOCC2)c1C. The van der Waals surface area contributed by atoms with Crippen molar-refractivity contribution in [2.75, 3.05) is 66.3 Å². The van der Waals surface area contributed by atoms with Crippen molar-refractivity contribution in [1.82, 2.24) is 14.4 Å². The highest BCUT2D eigenvalue weighted by molar-refractivity contribution is 5.96. The summed E-state index contributed by atoms with van der Waals surface area (Å²) in [6.07, 6.45) is 2.78. The van der Waals surface area contributed by atoms with Crippen LogP contribution in [0.3, 0.4) is 0 Å². The molecule has 0 atom stereocenters. The van der Waals surface area contributed by atoms with Crippen LogP contribution in [0.2, 0.25) is 0 Å². The minimum Gasteiger partial charge on any atom is -0.385 e. The van der Waals surface area contributed by atoms with Crippen LogP contribution < -0.4 is 0 Å². The molecule has 3 heterocycles. The highest BCUT2D eigenvalue weighted by Crippen LogP contribution is 2.22. The molecule has 7 nitrogen and oxygen atoms in total. The second-order valence-corrected chi connectivity index (χ2v) is 8.08. The average molecular weight is 408 g/mol. The maximum atomic E-state index is 13.6. The molecule has 164 valence electrons. The molecular formula is C22H37N3O4. The van der Waals surface area contributed by atoms with Crippen LogP contribution in [0.1, 0.15) is 41.0 Å². The van der Waals surface area contributed by atoms with E-state index in [2.05, 4.69) is 34.3 Å². The van der Waals surface area contributed by atoms with E-state index in [9.17, 15) is 4.79 Å². The van der Waals surface area contributed by atoms with Gasteiger partial charge in [0.2, 0.25) is 0 Å². The minimum absolute atomic E-state index is 0.163. The van der Waals surface area contributed by atoms with Gasteiger partial charge >= 0.3 is 0 Å². The van der Waals surface area contributed by atoms with Crippen LogP contribution in [-0.4, -0.2) is 92.6 Å². The van der Waals surface area contributed by atoms with Gasteiger partial charge in [-0.05, 0) is 39.2 Å². The van der Waals surface area contributed by atoms with Crippen LogP contribution in [0.25, 0.3) is 0 Å². The van der Waals surface area contributed by atoms with E-state index in [-0.39, 0.29) is 11.9 Å². The maximum Gasteiger partial charge on any atom is 0.255 e. The number of hydrogen-bond donors (Lipinski definition) is 0. The monoisotopic (exact) mass is 407 g/mol. The second kappa shape index (κ2) is 11.1. The average Bonchev–Trinajstić information content (AvgIpc) is 3.04. The predicted molar refractivity (Wildman–Crippen MR) is 113 cm³/mol. The first kappa shape index (κ1) is 22.3. The smallest absolute Gasteiger partial charge is 0.255 e. The molecule has 1 aromatic heterocycles. The molecule has 1 aromatic rings. The van der Waals surface area contributed by atoms with E-state index < -0.39 is 0 Å². The first-order chi connectivity index (χ1) is 14.1. The van der Waals surface area contributed by atoms with Crippen LogP contribution in [0.15, 0.2) is 6.07 Å². The highest BCUT2D eigenvalue weighted by atomic mass is 16.5. The number of nitrogens with zero attached hydrogens (tertiary/aromatic N) is 3. The third-order valence-electron chi connectivity index (χ3n) is 6.19. The minimum atomic E-state index is 0.163. The lowest BCUT2D eigenvalue weighted by Crippen LogP contribution is -2.48. The Kier molecular flexibility index (Phi) is 8.53. The van der Waals surface area contributed by atoms with E-state index in [1.807, 2.05) is 0 Å². The standard InChI is InChI=1S/C22H37N3O4/c1-18-17-21(19(2)24(18)7-4-12-27-3)22(26)25(20-5-13-28-14-6-20)9-8-23-10-15-29-16-11-23/h17,20H,4-16H2,1-3H3. The number of aromatic nitrogens is 1. The van der Waals surface area contributed by atoms with Gasteiger partial charge in [-0.3, -0.25) is 9.69 Å². The van der Waals surface area contributed by atoms with E-state index in [4.69, 9.17) is 14.2 Å². The van der Waals surface area contributed by atoms with Crippen molar-refractivity contribution in [3.63, 3.8) is 0 Å². The Bertz CT molecular complexity index is 649. The van der Waals surface area contributed by atoms with Crippen LogP contribution in [-0.2, 0) is 20.8 Å². The Hall–Kier alpha value is -1.41. The number of carbonyl (C=O) groups is 1. The van der Waals surface area contributed by atoms with Crippen LogP contribution in [0.4, 0.5) is 0 Å². The van der Waals surface area contributed by atoms with E-state index in [0.29, 0.717) is 0 Å². The molecule has 1 amide bonds. The van der Waals surface area contributed by atoms with Gasteiger partial charge in [0.15, 0.2) is 0 Å². The first-order valence-electron chi connectivity index (χ1n) is 11.0. The summed E-state index contributed by atoms with van der Waals surface area (Å²) in [4.78, 5) is 18.1. The number of aryl methyl sites for hydroxylation is 1. The fourth-order valence-electron chi connectivity index (χ4n) is 4.40. The molecule has 0 aliphatic carbocycles. The first-order valence-corrected chi connectivity index (χ1v) is 11.0. The number of amides is 1. The van der Waals surface area contributed by atoms with Crippen LogP contribution >= 0.6 is 0 Å². The lowest BCUT2D eigenvalue weighted by Gasteiger charge is -2.36. The molecule has 2 aliphatic heterocycles. The summed E-state index contributed by atoms with van der Waals surface area (Å²) in [5.41, 5.74) is 3.04. The number of morpholine rings is 1. The third kappa shape index (κ3) is 5.81. The number of ether oxygens (including phenoxy) is 3. The van der Waals surface area contributed by atoms with Crippen molar-refractivity contribution in [3.8, 4) is 0 Å².